The summed E-state index contributed by atoms with van der Waals surface area (Å²) < 4.78 is 10.2. The van der Waals surface area contributed by atoms with Gasteiger partial charge in [0.1, 0.15) is 24.9 Å². The molecule has 0 unspecified atom stereocenters. The van der Waals surface area contributed by atoms with Gasteiger partial charge in [-0.2, -0.15) is 0 Å². The SMILES string of the molecule is CCCCCCOC[C@]1(O)OC[C@@H](O)[C@@H](O)[C@@H]1O. The monoisotopic (exact) mass is 264 g/mol. The molecule has 0 aromatic heterocycles. The summed E-state index contributed by atoms with van der Waals surface area (Å²) in [4.78, 5) is 0. The average Bonchev–Trinajstić information content (AvgIpc) is 2.36. The summed E-state index contributed by atoms with van der Waals surface area (Å²) in [5.74, 6) is -1.94. The molecule has 1 saturated heterocycles. The Labute approximate surface area is 107 Å². The molecule has 1 aliphatic rings. The quantitative estimate of drug-likeness (QED) is 0.458. The molecule has 0 amide bonds. The summed E-state index contributed by atoms with van der Waals surface area (Å²) in [6.07, 6.45) is 0.0208. The van der Waals surface area contributed by atoms with E-state index in [9.17, 15) is 20.4 Å². The van der Waals surface area contributed by atoms with E-state index in [0.717, 1.165) is 25.7 Å². The van der Waals surface area contributed by atoms with Crippen LogP contribution in [0.3, 0.4) is 0 Å². The van der Waals surface area contributed by atoms with Crippen molar-refractivity contribution in [3.63, 3.8) is 0 Å². The number of ether oxygens (including phenoxy) is 2. The summed E-state index contributed by atoms with van der Waals surface area (Å²) in [6.45, 7) is 2.14. The normalized spacial score (nSPS) is 36.8. The molecule has 0 saturated carbocycles. The van der Waals surface area contributed by atoms with Gasteiger partial charge in [0, 0.05) is 6.61 Å². The van der Waals surface area contributed by atoms with Crippen LogP contribution in [0.1, 0.15) is 32.6 Å². The molecular weight excluding hydrogens is 240 g/mol. The molecule has 4 N–H and O–H groups in total. The second-order valence-corrected chi connectivity index (χ2v) is 4.77. The topological polar surface area (TPSA) is 99.4 Å². The minimum atomic E-state index is -1.94. The highest BCUT2D eigenvalue weighted by atomic mass is 16.7. The summed E-state index contributed by atoms with van der Waals surface area (Å²) in [7, 11) is 0. The molecule has 4 atom stereocenters. The number of hydrogen-bond acceptors (Lipinski definition) is 6. The van der Waals surface area contributed by atoms with Gasteiger partial charge in [0.15, 0.2) is 0 Å². The molecule has 108 valence electrons. The first-order chi connectivity index (χ1) is 8.51. The lowest BCUT2D eigenvalue weighted by Gasteiger charge is -2.41. The molecular formula is C12H24O6. The maximum atomic E-state index is 9.96. The fraction of sp³-hybridized carbons (Fsp3) is 1.00. The molecule has 1 heterocycles. The Morgan fingerprint density at radius 1 is 1.22 bits per heavy atom. The highest BCUT2D eigenvalue weighted by Gasteiger charge is 2.48. The van der Waals surface area contributed by atoms with Crippen LogP contribution in [0, 0.1) is 0 Å². The third-order valence-electron chi connectivity index (χ3n) is 3.14. The first kappa shape index (κ1) is 15.8. The lowest BCUT2D eigenvalue weighted by atomic mass is 9.97. The van der Waals surface area contributed by atoms with Crippen LogP contribution in [0.25, 0.3) is 0 Å². The van der Waals surface area contributed by atoms with Crippen LogP contribution in [0.4, 0.5) is 0 Å². The largest absolute Gasteiger partial charge is 0.388 e. The summed E-state index contributed by atoms with van der Waals surface area (Å²) in [5, 5.41) is 38.3. The Hall–Kier alpha value is -0.240. The Bertz CT molecular complexity index is 237. The molecule has 0 radical (unpaired) electrons. The molecule has 0 aromatic rings. The standard InChI is InChI=1S/C12H24O6/c1-2-3-4-5-6-17-8-12(16)11(15)10(14)9(13)7-18-12/h9-11,13-16H,2-8H2,1H3/t9-,10-,11+,12+/m1/s1. The second kappa shape index (κ2) is 7.37. The Balaban J connectivity index is 2.27. The van der Waals surface area contributed by atoms with Crippen molar-refractivity contribution >= 4 is 0 Å². The first-order valence-corrected chi connectivity index (χ1v) is 6.49. The van der Waals surface area contributed by atoms with Gasteiger partial charge in [-0.05, 0) is 6.42 Å². The number of aliphatic hydroxyl groups excluding tert-OH is 3. The zero-order chi connectivity index (χ0) is 13.6. The van der Waals surface area contributed by atoms with Crippen LogP contribution in [-0.2, 0) is 9.47 Å². The van der Waals surface area contributed by atoms with Crippen molar-refractivity contribution in [3.8, 4) is 0 Å². The molecule has 0 bridgehead atoms. The molecule has 1 rings (SSSR count). The average molecular weight is 264 g/mol. The minimum absolute atomic E-state index is 0.218. The Kier molecular flexibility index (Phi) is 6.48. The molecule has 0 spiro atoms. The lowest BCUT2D eigenvalue weighted by molar-refractivity contribution is -0.335. The number of aliphatic hydroxyl groups is 4. The van der Waals surface area contributed by atoms with Gasteiger partial charge in [0.05, 0.1) is 6.61 Å². The molecule has 6 heteroatoms. The minimum Gasteiger partial charge on any atom is -0.388 e. The Morgan fingerprint density at radius 3 is 2.61 bits per heavy atom. The van der Waals surface area contributed by atoms with E-state index in [4.69, 9.17) is 9.47 Å². The first-order valence-electron chi connectivity index (χ1n) is 6.49. The van der Waals surface area contributed by atoms with E-state index in [-0.39, 0.29) is 13.2 Å². The van der Waals surface area contributed by atoms with Crippen molar-refractivity contribution in [3.05, 3.63) is 0 Å². The van der Waals surface area contributed by atoms with Crippen molar-refractivity contribution in [2.75, 3.05) is 19.8 Å². The van der Waals surface area contributed by atoms with Crippen LogP contribution in [-0.4, -0.2) is 64.3 Å². The smallest absolute Gasteiger partial charge is 0.219 e. The second-order valence-electron chi connectivity index (χ2n) is 4.77. The molecule has 1 aliphatic heterocycles. The van der Waals surface area contributed by atoms with Gasteiger partial charge in [-0.1, -0.05) is 26.2 Å². The predicted octanol–water partition coefficient (Wildman–Crippen LogP) is -0.615. The van der Waals surface area contributed by atoms with Crippen LogP contribution in [0.2, 0.25) is 0 Å². The van der Waals surface area contributed by atoms with E-state index in [2.05, 4.69) is 6.92 Å². The fourth-order valence-electron chi connectivity index (χ4n) is 1.87. The van der Waals surface area contributed by atoms with Gasteiger partial charge in [0.2, 0.25) is 5.79 Å². The summed E-state index contributed by atoms with van der Waals surface area (Å²) in [6, 6.07) is 0. The van der Waals surface area contributed by atoms with Gasteiger partial charge < -0.3 is 29.9 Å². The van der Waals surface area contributed by atoms with Crippen LogP contribution in [0.15, 0.2) is 0 Å². The zero-order valence-corrected chi connectivity index (χ0v) is 10.8. The number of unbranched alkanes of at least 4 members (excludes halogenated alkanes) is 3. The van der Waals surface area contributed by atoms with Crippen molar-refractivity contribution in [1.29, 1.82) is 0 Å². The van der Waals surface area contributed by atoms with E-state index in [1.54, 1.807) is 0 Å². The van der Waals surface area contributed by atoms with E-state index in [1.165, 1.54) is 0 Å². The molecule has 0 aromatic carbocycles. The predicted molar refractivity (Wildman–Crippen MR) is 63.9 cm³/mol. The van der Waals surface area contributed by atoms with Crippen molar-refractivity contribution < 1.29 is 29.9 Å². The molecule has 18 heavy (non-hydrogen) atoms. The highest BCUT2D eigenvalue weighted by molar-refractivity contribution is 4.91. The van der Waals surface area contributed by atoms with E-state index >= 15 is 0 Å². The molecule has 6 nitrogen and oxygen atoms in total. The lowest BCUT2D eigenvalue weighted by Crippen LogP contribution is -2.62. The number of hydrogen-bond donors (Lipinski definition) is 4. The highest BCUT2D eigenvalue weighted by Crippen LogP contribution is 2.24. The fourth-order valence-corrected chi connectivity index (χ4v) is 1.87. The molecule has 0 aliphatic carbocycles. The van der Waals surface area contributed by atoms with Crippen molar-refractivity contribution in [2.45, 2.75) is 56.7 Å². The van der Waals surface area contributed by atoms with Gasteiger partial charge in [-0.3, -0.25) is 0 Å². The van der Waals surface area contributed by atoms with Gasteiger partial charge in [-0.15, -0.1) is 0 Å². The van der Waals surface area contributed by atoms with Crippen molar-refractivity contribution in [1.82, 2.24) is 0 Å². The van der Waals surface area contributed by atoms with Gasteiger partial charge >= 0.3 is 0 Å². The summed E-state index contributed by atoms with van der Waals surface area (Å²) in [5.41, 5.74) is 0. The number of rotatable bonds is 7. The van der Waals surface area contributed by atoms with Crippen LogP contribution >= 0.6 is 0 Å². The van der Waals surface area contributed by atoms with Crippen LogP contribution < -0.4 is 0 Å². The maximum absolute atomic E-state index is 9.96. The van der Waals surface area contributed by atoms with E-state index in [1.807, 2.05) is 0 Å². The van der Waals surface area contributed by atoms with Gasteiger partial charge in [-0.25, -0.2) is 0 Å². The molecule has 1 fully saturated rings. The summed E-state index contributed by atoms with van der Waals surface area (Å²) >= 11 is 0. The Morgan fingerprint density at radius 2 is 1.94 bits per heavy atom. The van der Waals surface area contributed by atoms with Gasteiger partial charge in [0.25, 0.3) is 0 Å². The van der Waals surface area contributed by atoms with Crippen molar-refractivity contribution in [2.24, 2.45) is 0 Å². The zero-order valence-electron chi connectivity index (χ0n) is 10.8. The van der Waals surface area contributed by atoms with E-state index in [0.29, 0.717) is 6.61 Å². The van der Waals surface area contributed by atoms with Crippen LogP contribution in [0.5, 0.6) is 0 Å². The third kappa shape index (κ3) is 4.15. The third-order valence-corrected chi connectivity index (χ3v) is 3.14. The van der Waals surface area contributed by atoms with E-state index < -0.39 is 24.1 Å². The maximum Gasteiger partial charge on any atom is 0.219 e.